The standard InChI is InChI=1S/C23H22F3N5O3/c1-11-8-33-10-18(13-3-4-19(29-6-13)23(24,25)26)31(11)22(32)16-5-14-15-9-34-12(2)20(15)21(27)30-17(14)7-28-16/h3-7,11-12,18H,8-10H2,1-2H3,(H2,27,30)/t11-,12-,18-/m1/s1. The molecule has 178 valence electrons. The summed E-state index contributed by atoms with van der Waals surface area (Å²) in [7, 11) is 0. The highest BCUT2D eigenvalue weighted by atomic mass is 19.4. The molecule has 0 saturated carbocycles. The molecule has 2 aliphatic heterocycles. The maximum Gasteiger partial charge on any atom is 0.433 e. The second kappa shape index (κ2) is 8.17. The molecule has 2 aliphatic rings. The number of morpholine rings is 1. The largest absolute Gasteiger partial charge is 0.433 e. The molecular weight excluding hydrogens is 451 g/mol. The second-order valence-electron chi connectivity index (χ2n) is 8.52. The first-order valence-electron chi connectivity index (χ1n) is 10.8. The van der Waals surface area contributed by atoms with Gasteiger partial charge in [0.05, 0.1) is 49.7 Å². The van der Waals surface area contributed by atoms with Gasteiger partial charge in [-0.3, -0.25) is 9.78 Å². The number of alkyl halides is 3. The smallest absolute Gasteiger partial charge is 0.383 e. The van der Waals surface area contributed by atoms with Crippen LogP contribution in [0.25, 0.3) is 10.9 Å². The van der Waals surface area contributed by atoms with E-state index >= 15 is 0 Å². The van der Waals surface area contributed by atoms with Crippen molar-refractivity contribution in [3.63, 3.8) is 0 Å². The van der Waals surface area contributed by atoms with Crippen molar-refractivity contribution in [2.75, 3.05) is 18.9 Å². The van der Waals surface area contributed by atoms with Crippen LogP contribution in [0.1, 0.15) is 58.9 Å². The number of aromatic nitrogens is 3. The fraction of sp³-hybridized carbons (Fsp3) is 0.391. The first-order chi connectivity index (χ1) is 16.1. The molecule has 0 aromatic carbocycles. The fourth-order valence-electron chi connectivity index (χ4n) is 4.61. The molecule has 0 unspecified atom stereocenters. The van der Waals surface area contributed by atoms with Crippen molar-refractivity contribution in [2.45, 2.75) is 44.8 Å². The van der Waals surface area contributed by atoms with Crippen LogP contribution in [0.3, 0.4) is 0 Å². The molecule has 3 aromatic heterocycles. The van der Waals surface area contributed by atoms with Crippen molar-refractivity contribution in [3.8, 4) is 0 Å². The van der Waals surface area contributed by atoms with Crippen molar-refractivity contribution in [3.05, 3.63) is 58.7 Å². The van der Waals surface area contributed by atoms with Crippen molar-refractivity contribution in [1.82, 2.24) is 19.9 Å². The number of pyridine rings is 3. The van der Waals surface area contributed by atoms with Gasteiger partial charge in [-0.05, 0) is 37.1 Å². The van der Waals surface area contributed by atoms with E-state index in [9.17, 15) is 18.0 Å². The number of ether oxygens (including phenoxy) is 2. The van der Waals surface area contributed by atoms with E-state index in [1.54, 1.807) is 11.0 Å². The number of fused-ring (bicyclic) bond motifs is 3. The Kier molecular flexibility index (Phi) is 5.40. The lowest BCUT2D eigenvalue weighted by atomic mass is 10.0. The van der Waals surface area contributed by atoms with E-state index in [4.69, 9.17) is 15.2 Å². The zero-order chi connectivity index (χ0) is 24.2. The summed E-state index contributed by atoms with van der Waals surface area (Å²) in [5.41, 5.74) is 8.00. The predicted octanol–water partition coefficient (Wildman–Crippen LogP) is 3.82. The van der Waals surface area contributed by atoms with Gasteiger partial charge in [-0.1, -0.05) is 6.07 Å². The van der Waals surface area contributed by atoms with E-state index in [2.05, 4.69) is 15.0 Å². The van der Waals surface area contributed by atoms with Gasteiger partial charge in [-0.25, -0.2) is 9.97 Å². The molecule has 2 N–H and O–H groups in total. The molecule has 8 nitrogen and oxygen atoms in total. The molecular formula is C23H22F3N5O3. The summed E-state index contributed by atoms with van der Waals surface area (Å²) >= 11 is 0. The highest BCUT2D eigenvalue weighted by Crippen LogP contribution is 2.38. The van der Waals surface area contributed by atoms with Crippen LogP contribution in [-0.2, 0) is 22.3 Å². The average molecular weight is 473 g/mol. The summed E-state index contributed by atoms with van der Waals surface area (Å²) in [6, 6.07) is 2.97. The number of anilines is 1. The van der Waals surface area contributed by atoms with E-state index in [1.807, 2.05) is 13.8 Å². The normalized spacial score (nSPS) is 22.7. The van der Waals surface area contributed by atoms with E-state index in [1.165, 1.54) is 12.3 Å². The molecule has 1 saturated heterocycles. The molecule has 3 aromatic rings. The van der Waals surface area contributed by atoms with E-state index in [-0.39, 0.29) is 30.4 Å². The van der Waals surface area contributed by atoms with Gasteiger partial charge in [0.2, 0.25) is 0 Å². The number of carbonyl (C=O) groups is 1. The molecule has 3 atom stereocenters. The first-order valence-corrected chi connectivity index (χ1v) is 10.8. The number of amides is 1. The molecule has 0 aliphatic carbocycles. The van der Waals surface area contributed by atoms with E-state index < -0.39 is 17.9 Å². The topological polar surface area (TPSA) is 103 Å². The Labute approximate surface area is 192 Å². The molecule has 1 amide bonds. The Morgan fingerprint density at radius 3 is 2.68 bits per heavy atom. The van der Waals surface area contributed by atoms with Gasteiger partial charge < -0.3 is 20.1 Å². The number of rotatable bonds is 2. The van der Waals surface area contributed by atoms with Gasteiger partial charge >= 0.3 is 6.18 Å². The summed E-state index contributed by atoms with van der Waals surface area (Å²) in [5, 5.41) is 0.737. The zero-order valence-electron chi connectivity index (χ0n) is 18.5. The number of hydrogen-bond acceptors (Lipinski definition) is 7. The third-order valence-electron chi connectivity index (χ3n) is 6.29. The van der Waals surface area contributed by atoms with Crippen molar-refractivity contribution in [1.29, 1.82) is 0 Å². The van der Waals surface area contributed by atoms with Crippen molar-refractivity contribution in [2.24, 2.45) is 0 Å². The van der Waals surface area contributed by atoms with Crippen LogP contribution in [0.4, 0.5) is 19.0 Å². The highest BCUT2D eigenvalue weighted by Gasteiger charge is 2.37. The monoisotopic (exact) mass is 473 g/mol. The molecule has 0 spiro atoms. The van der Waals surface area contributed by atoms with Gasteiger partial charge in [0.15, 0.2) is 0 Å². The molecule has 34 heavy (non-hydrogen) atoms. The van der Waals surface area contributed by atoms with Crippen LogP contribution in [-0.4, -0.2) is 45.0 Å². The second-order valence-corrected chi connectivity index (χ2v) is 8.52. The van der Waals surface area contributed by atoms with Gasteiger partial charge in [-0.2, -0.15) is 13.2 Å². The molecule has 5 rings (SSSR count). The van der Waals surface area contributed by atoms with Crippen LogP contribution < -0.4 is 5.73 Å². The number of halogens is 3. The van der Waals surface area contributed by atoms with Crippen LogP contribution in [0, 0.1) is 0 Å². The minimum atomic E-state index is -4.54. The van der Waals surface area contributed by atoms with Crippen LogP contribution in [0.15, 0.2) is 30.6 Å². The number of carbonyl (C=O) groups excluding carboxylic acids is 1. The summed E-state index contributed by atoms with van der Waals surface area (Å²) < 4.78 is 50.1. The Morgan fingerprint density at radius 1 is 1.18 bits per heavy atom. The lowest BCUT2D eigenvalue weighted by Crippen LogP contribution is -2.49. The Bertz CT molecular complexity index is 1270. The Balaban J connectivity index is 1.52. The van der Waals surface area contributed by atoms with Crippen LogP contribution >= 0.6 is 0 Å². The van der Waals surface area contributed by atoms with Gasteiger partial charge in [0.1, 0.15) is 17.2 Å². The van der Waals surface area contributed by atoms with Crippen LogP contribution in [0.5, 0.6) is 0 Å². The minimum Gasteiger partial charge on any atom is -0.383 e. The predicted molar refractivity (Wildman–Crippen MR) is 116 cm³/mol. The maximum absolute atomic E-state index is 13.6. The number of nitrogens with zero attached hydrogens (tertiary/aromatic N) is 4. The molecule has 0 radical (unpaired) electrons. The van der Waals surface area contributed by atoms with Gasteiger partial charge in [0.25, 0.3) is 5.91 Å². The third kappa shape index (κ3) is 3.74. The summed E-state index contributed by atoms with van der Waals surface area (Å²) in [4.78, 5) is 27.5. The average Bonchev–Trinajstić information content (AvgIpc) is 3.20. The van der Waals surface area contributed by atoms with Crippen LogP contribution in [0.2, 0.25) is 0 Å². The number of nitrogens with two attached hydrogens (primary N) is 1. The maximum atomic E-state index is 13.6. The molecule has 5 heterocycles. The minimum absolute atomic E-state index is 0.134. The molecule has 0 bridgehead atoms. The summed E-state index contributed by atoms with van der Waals surface area (Å²) in [6.07, 6.45) is -2.10. The number of nitrogen functional groups attached to an aromatic ring is 1. The number of hydrogen-bond donors (Lipinski definition) is 1. The van der Waals surface area contributed by atoms with Crippen molar-refractivity contribution >= 4 is 22.6 Å². The molecule has 11 heteroatoms. The Hall–Kier alpha value is -3.31. The van der Waals surface area contributed by atoms with E-state index in [0.29, 0.717) is 30.1 Å². The SMILES string of the molecule is C[C@@H]1COC[C@H](c2ccc(C(F)(F)F)nc2)N1C(=O)c1cc2c3c(c(N)nc2cn1)[C@@H](C)OC3. The highest BCUT2D eigenvalue weighted by molar-refractivity contribution is 5.97. The van der Waals surface area contributed by atoms with Gasteiger partial charge in [-0.15, -0.1) is 0 Å². The summed E-state index contributed by atoms with van der Waals surface area (Å²) in [6.45, 7) is 4.49. The summed E-state index contributed by atoms with van der Waals surface area (Å²) in [5.74, 6) is 0.0187. The third-order valence-corrected chi connectivity index (χ3v) is 6.29. The van der Waals surface area contributed by atoms with E-state index in [0.717, 1.165) is 28.8 Å². The fourth-order valence-corrected chi connectivity index (χ4v) is 4.61. The first kappa shape index (κ1) is 22.5. The Morgan fingerprint density at radius 2 is 1.97 bits per heavy atom. The quantitative estimate of drug-likeness (QED) is 0.604. The zero-order valence-corrected chi connectivity index (χ0v) is 18.5. The lowest BCUT2D eigenvalue weighted by molar-refractivity contribution is -0.141. The molecule has 1 fully saturated rings. The lowest BCUT2D eigenvalue weighted by Gasteiger charge is -2.40. The van der Waals surface area contributed by atoms with Crippen molar-refractivity contribution < 1.29 is 27.4 Å². The van der Waals surface area contributed by atoms with Gasteiger partial charge in [0, 0.05) is 17.1 Å².